The highest BCUT2D eigenvalue weighted by molar-refractivity contribution is 6.31. The molecule has 0 aromatic heterocycles. The molecule has 2 aliphatic carbocycles. The Bertz CT molecular complexity index is 475. The Labute approximate surface area is 119 Å². The average Bonchev–Trinajstić information content (AvgIpc) is 3.22. The summed E-state index contributed by atoms with van der Waals surface area (Å²) in [7, 11) is 0. The first-order valence-electron chi connectivity index (χ1n) is 7.28. The highest BCUT2D eigenvalue weighted by Crippen LogP contribution is 2.50. The van der Waals surface area contributed by atoms with Crippen molar-refractivity contribution in [2.24, 2.45) is 0 Å². The minimum Gasteiger partial charge on any atom is -0.353 e. The molecule has 19 heavy (non-hydrogen) atoms. The molecule has 0 unspecified atom stereocenters. The molecule has 0 radical (unpaired) electrons. The number of benzene rings is 1. The average molecular weight is 278 g/mol. The maximum absolute atomic E-state index is 12.6. The lowest BCUT2D eigenvalue weighted by Gasteiger charge is -2.26. The minimum atomic E-state index is -0.338. The topological polar surface area (TPSA) is 29.1 Å². The molecule has 0 spiro atoms. The van der Waals surface area contributed by atoms with E-state index in [4.69, 9.17) is 11.6 Å². The van der Waals surface area contributed by atoms with Gasteiger partial charge in [0, 0.05) is 11.1 Å². The molecule has 2 nitrogen and oxygen atoms in total. The fourth-order valence-electron chi connectivity index (χ4n) is 3.16. The highest BCUT2D eigenvalue weighted by Gasteiger charge is 2.52. The van der Waals surface area contributed by atoms with E-state index in [-0.39, 0.29) is 11.3 Å². The maximum atomic E-state index is 12.6. The second kappa shape index (κ2) is 5.16. The van der Waals surface area contributed by atoms with Crippen LogP contribution in [-0.4, -0.2) is 11.9 Å². The first kappa shape index (κ1) is 13.0. The molecule has 3 heteroatoms. The van der Waals surface area contributed by atoms with Crippen molar-refractivity contribution < 1.29 is 4.79 Å². The van der Waals surface area contributed by atoms with Crippen LogP contribution in [0, 0.1) is 0 Å². The monoisotopic (exact) mass is 277 g/mol. The number of nitrogens with one attached hydrogen (secondary N) is 1. The van der Waals surface area contributed by atoms with Gasteiger partial charge in [-0.05, 0) is 37.3 Å². The zero-order valence-electron chi connectivity index (χ0n) is 11.1. The zero-order valence-corrected chi connectivity index (χ0v) is 11.9. The lowest BCUT2D eigenvalue weighted by Crippen LogP contribution is -2.42. The van der Waals surface area contributed by atoms with Crippen LogP contribution in [-0.2, 0) is 10.2 Å². The molecular weight excluding hydrogens is 258 g/mol. The van der Waals surface area contributed by atoms with Crippen molar-refractivity contribution >= 4 is 17.5 Å². The molecule has 1 N–H and O–H groups in total. The molecule has 1 aromatic rings. The summed E-state index contributed by atoms with van der Waals surface area (Å²) in [6, 6.07) is 8.14. The van der Waals surface area contributed by atoms with E-state index in [1.807, 2.05) is 24.3 Å². The first-order valence-corrected chi connectivity index (χ1v) is 7.66. The Morgan fingerprint density at radius 1 is 1.16 bits per heavy atom. The molecule has 0 heterocycles. The van der Waals surface area contributed by atoms with Gasteiger partial charge in [0.15, 0.2) is 0 Å². The van der Waals surface area contributed by atoms with Crippen LogP contribution < -0.4 is 5.32 Å². The molecule has 0 atom stereocenters. The van der Waals surface area contributed by atoms with Crippen molar-refractivity contribution in [3.63, 3.8) is 0 Å². The summed E-state index contributed by atoms with van der Waals surface area (Å²) in [5, 5.41) is 3.97. The Hall–Kier alpha value is -1.02. The molecule has 2 aliphatic rings. The summed E-state index contributed by atoms with van der Waals surface area (Å²) in [6.07, 6.45) is 7.90. The van der Waals surface area contributed by atoms with E-state index in [1.165, 1.54) is 19.3 Å². The fraction of sp³-hybridized carbons (Fsp3) is 0.562. The van der Waals surface area contributed by atoms with Crippen LogP contribution >= 0.6 is 11.6 Å². The third kappa shape index (κ3) is 2.51. The van der Waals surface area contributed by atoms with Gasteiger partial charge in [0.1, 0.15) is 0 Å². The number of carbonyl (C=O) groups excluding carboxylic acids is 1. The lowest BCUT2D eigenvalue weighted by atomic mass is 9.91. The van der Waals surface area contributed by atoms with E-state index < -0.39 is 0 Å². The molecule has 1 aromatic carbocycles. The van der Waals surface area contributed by atoms with E-state index in [0.717, 1.165) is 36.3 Å². The molecule has 2 fully saturated rings. The quantitative estimate of drug-likeness (QED) is 0.894. The molecule has 0 bridgehead atoms. The van der Waals surface area contributed by atoms with Crippen LogP contribution in [0.1, 0.15) is 50.5 Å². The number of halogens is 1. The second-order valence-electron chi connectivity index (χ2n) is 5.87. The van der Waals surface area contributed by atoms with Crippen LogP contribution in [0.4, 0.5) is 0 Å². The molecule has 102 valence electrons. The SMILES string of the molecule is O=C(NC1CCCCC1)C1(c2ccccc2Cl)CC1. The maximum Gasteiger partial charge on any atom is 0.230 e. The van der Waals surface area contributed by atoms with Crippen LogP contribution in [0.2, 0.25) is 5.02 Å². The van der Waals surface area contributed by atoms with Gasteiger partial charge in [-0.25, -0.2) is 0 Å². The van der Waals surface area contributed by atoms with Crippen molar-refractivity contribution in [2.75, 3.05) is 0 Å². The largest absolute Gasteiger partial charge is 0.353 e. The van der Waals surface area contributed by atoms with Crippen molar-refractivity contribution in [2.45, 2.75) is 56.4 Å². The summed E-state index contributed by atoms with van der Waals surface area (Å²) in [6.45, 7) is 0. The molecule has 1 amide bonds. The van der Waals surface area contributed by atoms with Gasteiger partial charge >= 0.3 is 0 Å². The number of amides is 1. The van der Waals surface area contributed by atoms with Gasteiger partial charge in [-0.15, -0.1) is 0 Å². The normalized spacial score (nSPS) is 21.9. The zero-order chi connectivity index (χ0) is 13.3. The summed E-state index contributed by atoms with van der Waals surface area (Å²) in [5.74, 6) is 0.188. The number of hydrogen-bond acceptors (Lipinski definition) is 1. The van der Waals surface area contributed by atoms with Gasteiger partial charge in [-0.1, -0.05) is 49.1 Å². The third-order valence-electron chi connectivity index (χ3n) is 4.51. The lowest BCUT2D eigenvalue weighted by molar-refractivity contribution is -0.124. The fourth-order valence-corrected chi connectivity index (χ4v) is 3.48. The van der Waals surface area contributed by atoms with Gasteiger partial charge in [0.2, 0.25) is 5.91 Å². The molecule has 0 aliphatic heterocycles. The molecule has 3 rings (SSSR count). The van der Waals surface area contributed by atoms with Crippen LogP contribution in [0.5, 0.6) is 0 Å². The van der Waals surface area contributed by atoms with Crippen molar-refractivity contribution in [1.29, 1.82) is 0 Å². The van der Waals surface area contributed by atoms with E-state index in [0.29, 0.717) is 6.04 Å². The molecule has 0 saturated heterocycles. The Morgan fingerprint density at radius 2 is 1.84 bits per heavy atom. The number of carbonyl (C=O) groups is 1. The van der Waals surface area contributed by atoms with E-state index in [2.05, 4.69) is 5.32 Å². The van der Waals surface area contributed by atoms with Crippen molar-refractivity contribution in [1.82, 2.24) is 5.32 Å². The van der Waals surface area contributed by atoms with Crippen molar-refractivity contribution in [3.8, 4) is 0 Å². The van der Waals surface area contributed by atoms with Crippen LogP contribution in [0.25, 0.3) is 0 Å². The standard InChI is InChI=1S/C16H20ClNO/c17-14-9-5-4-8-13(14)16(10-11-16)15(19)18-12-6-2-1-3-7-12/h4-5,8-9,12H,1-3,6-7,10-11H2,(H,18,19). The Balaban J connectivity index is 1.74. The van der Waals surface area contributed by atoms with Gasteiger partial charge in [0.05, 0.1) is 5.41 Å². The second-order valence-corrected chi connectivity index (χ2v) is 6.28. The summed E-state index contributed by atoms with van der Waals surface area (Å²) >= 11 is 6.26. The molecule has 2 saturated carbocycles. The van der Waals surface area contributed by atoms with Crippen LogP contribution in [0.15, 0.2) is 24.3 Å². The smallest absolute Gasteiger partial charge is 0.230 e. The predicted molar refractivity (Wildman–Crippen MR) is 77.4 cm³/mol. The minimum absolute atomic E-state index is 0.188. The van der Waals surface area contributed by atoms with E-state index >= 15 is 0 Å². The summed E-state index contributed by atoms with van der Waals surface area (Å²) < 4.78 is 0. The van der Waals surface area contributed by atoms with Crippen molar-refractivity contribution in [3.05, 3.63) is 34.9 Å². The summed E-state index contributed by atoms with van der Waals surface area (Å²) in [4.78, 5) is 12.6. The first-order chi connectivity index (χ1) is 9.22. The number of hydrogen-bond donors (Lipinski definition) is 1. The summed E-state index contributed by atoms with van der Waals surface area (Å²) in [5.41, 5.74) is 0.667. The Morgan fingerprint density at radius 3 is 2.47 bits per heavy atom. The van der Waals surface area contributed by atoms with Gasteiger partial charge in [-0.3, -0.25) is 4.79 Å². The van der Waals surface area contributed by atoms with Gasteiger partial charge in [0.25, 0.3) is 0 Å². The number of rotatable bonds is 3. The van der Waals surface area contributed by atoms with E-state index in [9.17, 15) is 4.79 Å². The Kier molecular flexibility index (Phi) is 3.53. The third-order valence-corrected chi connectivity index (χ3v) is 4.84. The van der Waals surface area contributed by atoms with Crippen LogP contribution in [0.3, 0.4) is 0 Å². The molecular formula is C16H20ClNO. The predicted octanol–water partition coefficient (Wildman–Crippen LogP) is 3.82. The van der Waals surface area contributed by atoms with E-state index in [1.54, 1.807) is 0 Å². The highest BCUT2D eigenvalue weighted by atomic mass is 35.5. The van der Waals surface area contributed by atoms with Gasteiger partial charge < -0.3 is 5.32 Å². The van der Waals surface area contributed by atoms with Gasteiger partial charge in [-0.2, -0.15) is 0 Å².